The van der Waals surface area contributed by atoms with Gasteiger partial charge in [0, 0.05) is 11.3 Å². The third-order valence-corrected chi connectivity index (χ3v) is 3.85. The molecule has 3 rings (SSSR count). The Hall–Kier alpha value is -3.61. The topological polar surface area (TPSA) is 105 Å². The zero-order valence-electron chi connectivity index (χ0n) is 14.6. The van der Waals surface area contributed by atoms with E-state index in [4.69, 9.17) is 5.73 Å². The first-order chi connectivity index (χ1) is 12.5. The molecule has 1 aromatic heterocycles. The van der Waals surface area contributed by atoms with E-state index in [1.165, 1.54) is 11.9 Å². The molecule has 0 saturated heterocycles. The van der Waals surface area contributed by atoms with Gasteiger partial charge in [0.25, 0.3) is 5.91 Å². The molecule has 7 heteroatoms. The van der Waals surface area contributed by atoms with E-state index in [0.717, 1.165) is 11.3 Å². The first-order valence-corrected chi connectivity index (χ1v) is 8.11. The van der Waals surface area contributed by atoms with Crippen molar-refractivity contribution in [3.05, 3.63) is 71.5 Å². The van der Waals surface area contributed by atoms with Crippen molar-refractivity contribution in [2.75, 3.05) is 16.5 Å². The fourth-order valence-corrected chi connectivity index (χ4v) is 2.45. The lowest BCUT2D eigenvalue weighted by Gasteiger charge is -2.14. The third kappa shape index (κ3) is 3.89. The number of nitrogen functional groups attached to an aromatic ring is 1. The van der Waals surface area contributed by atoms with Gasteiger partial charge >= 0.3 is 0 Å². The molecule has 0 aliphatic heterocycles. The molecule has 0 radical (unpaired) electrons. The van der Waals surface area contributed by atoms with E-state index in [1.54, 1.807) is 24.3 Å². The molecule has 3 aromatic rings. The summed E-state index contributed by atoms with van der Waals surface area (Å²) in [4.78, 5) is 20.4. The van der Waals surface area contributed by atoms with Crippen LogP contribution in [0.5, 0.6) is 0 Å². The SMILES string of the molecule is Cc1ccc(Nc2ncnc(NNC(=O)c3ccccc3)c2N)c(C)c1. The molecule has 26 heavy (non-hydrogen) atoms. The minimum Gasteiger partial charge on any atom is -0.393 e. The van der Waals surface area contributed by atoms with Crippen LogP contribution in [0.1, 0.15) is 21.5 Å². The number of aryl methyl sites for hydroxylation is 2. The average Bonchev–Trinajstić information content (AvgIpc) is 2.65. The predicted octanol–water partition coefficient (Wildman–Crippen LogP) is 3.18. The van der Waals surface area contributed by atoms with Gasteiger partial charge < -0.3 is 11.1 Å². The molecular weight excluding hydrogens is 328 g/mol. The van der Waals surface area contributed by atoms with Gasteiger partial charge in [0.1, 0.15) is 12.0 Å². The quantitative estimate of drug-likeness (QED) is 0.528. The molecule has 0 bridgehead atoms. The van der Waals surface area contributed by atoms with Crippen molar-refractivity contribution in [3.63, 3.8) is 0 Å². The number of carbonyl (C=O) groups is 1. The van der Waals surface area contributed by atoms with Crippen molar-refractivity contribution in [2.45, 2.75) is 13.8 Å². The van der Waals surface area contributed by atoms with Gasteiger partial charge in [0.15, 0.2) is 11.6 Å². The number of anilines is 4. The minimum atomic E-state index is -0.285. The summed E-state index contributed by atoms with van der Waals surface area (Å²) in [6.45, 7) is 4.04. The fourth-order valence-electron chi connectivity index (χ4n) is 2.45. The Bertz CT molecular complexity index is 927. The van der Waals surface area contributed by atoms with Crippen molar-refractivity contribution in [2.24, 2.45) is 0 Å². The number of amides is 1. The fraction of sp³-hybridized carbons (Fsp3) is 0.105. The maximum Gasteiger partial charge on any atom is 0.269 e. The zero-order valence-corrected chi connectivity index (χ0v) is 14.6. The van der Waals surface area contributed by atoms with Crippen LogP contribution >= 0.6 is 0 Å². The molecule has 0 atom stereocenters. The zero-order chi connectivity index (χ0) is 18.5. The van der Waals surface area contributed by atoms with Crippen LogP contribution in [-0.4, -0.2) is 15.9 Å². The lowest BCUT2D eigenvalue weighted by molar-refractivity contribution is 0.0962. The van der Waals surface area contributed by atoms with Crippen LogP contribution in [0, 0.1) is 13.8 Å². The Morgan fingerprint density at radius 2 is 1.73 bits per heavy atom. The van der Waals surface area contributed by atoms with Gasteiger partial charge in [-0.15, -0.1) is 0 Å². The monoisotopic (exact) mass is 348 g/mol. The predicted molar refractivity (Wildman–Crippen MR) is 103 cm³/mol. The Morgan fingerprint density at radius 3 is 2.46 bits per heavy atom. The normalized spacial score (nSPS) is 10.2. The van der Waals surface area contributed by atoms with E-state index in [9.17, 15) is 4.79 Å². The first-order valence-electron chi connectivity index (χ1n) is 8.11. The maximum atomic E-state index is 12.1. The van der Waals surface area contributed by atoms with E-state index in [1.807, 2.05) is 32.0 Å². The number of rotatable bonds is 5. The number of hydrazine groups is 1. The van der Waals surface area contributed by atoms with Crippen molar-refractivity contribution >= 4 is 28.9 Å². The van der Waals surface area contributed by atoms with Gasteiger partial charge in [-0.1, -0.05) is 35.9 Å². The maximum absolute atomic E-state index is 12.1. The highest BCUT2D eigenvalue weighted by Crippen LogP contribution is 2.27. The second-order valence-electron chi connectivity index (χ2n) is 5.87. The average molecular weight is 348 g/mol. The summed E-state index contributed by atoms with van der Waals surface area (Å²) < 4.78 is 0. The molecule has 1 heterocycles. The molecule has 0 saturated carbocycles. The summed E-state index contributed by atoms with van der Waals surface area (Å²) in [5, 5.41) is 3.20. The molecular formula is C19H20N6O. The van der Waals surface area contributed by atoms with E-state index in [0.29, 0.717) is 22.9 Å². The smallest absolute Gasteiger partial charge is 0.269 e. The van der Waals surface area contributed by atoms with Gasteiger partial charge in [-0.3, -0.25) is 15.6 Å². The number of hydrogen-bond acceptors (Lipinski definition) is 6. The van der Waals surface area contributed by atoms with Gasteiger partial charge in [-0.2, -0.15) is 0 Å². The molecule has 0 spiro atoms. The summed E-state index contributed by atoms with van der Waals surface area (Å²) in [6, 6.07) is 14.9. The number of nitrogens with one attached hydrogen (secondary N) is 3. The van der Waals surface area contributed by atoms with Crippen LogP contribution in [0.3, 0.4) is 0 Å². The van der Waals surface area contributed by atoms with Crippen molar-refractivity contribution < 1.29 is 4.79 Å². The van der Waals surface area contributed by atoms with E-state index < -0.39 is 0 Å². The molecule has 5 N–H and O–H groups in total. The summed E-state index contributed by atoms with van der Waals surface area (Å²) in [7, 11) is 0. The van der Waals surface area contributed by atoms with Crippen LogP contribution in [-0.2, 0) is 0 Å². The highest BCUT2D eigenvalue weighted by Gasteiger charge is 2.11. The first kappa shape index (κ1) is 17.2. The summed E-state index contributed by atoms with van der Waals surface area (Å²) in [6.07, 6.45) is 1.37. The Kier molecular flexibility index (Phi) is 4.98. The van der Waals surface area contributed by atoms with Crippen LogP contribution in [0.2, 0.25) is 0 Å². The second kappa shape index (κ2) is 7.52. The number of nitrogens with zero attached hydrogens (tertiary/aromatic N) is 2. The number of carbonyl (C=O) groups excluding carboxylic acids is 1. The largest absolute Gasteiger partial charge is 0.393 e. The number of aromatic nitrogens is 2. The summed E-state index contributed by atoms with van der Waals surface area (Å²) in [5.74, 6) is 0.493. The van der Waals surface area contributed by atoms with Crippen molar-refractivity contribution in [1.29, 1.82) is 0 Å². The molecule has 0 aliphatic rings. The van der Waals surface area contributed by atoms with E-state index in [2.05, 4.69) is 32.2 Å². The van der Waals surface area contributed by atoms with E-state index in [-0.39, 0.29) is 5.91 Å². The van der Waals surface area contributed by atoms with Crippen LogP contribution < -0.4 is 21.9 Å². The summed E-state index contributed by atoms with van der Waals surface area (Å²) in [5.41, 5.74) is 15.5. The Balaban J connectivity index is 1.74. The third-order valence-electron chi connectivity index (χ3n) is 3.85. The van der Waals surface area contributed by atoms with Gasteiger partial charge in [0.2, 0.25) is 0 Å². The number of nitrogens with two attached hydrogens (primary N) is 1. The lowest BCUT2D eigenvalue weighted by atomic mass is 10.1. The van der Waals surface area contributed by atoms with Gasteiger partial charge in [-0.25, -0.2) is 9.97 Å². The summed E-state index contributed by atoms with van der Waals surface area (Å²) >= 11 is 0. The Labute approximate surface area is 151 Å². The molecule has 0 unspecified atom stereocenters. The van der Waals surface area contributed by atoms with Crippen molar-refractivity contribution in [3.8, 4) is 0 Å². The highest BCUT2D eigenvalue weighted by atomic mass is 16.2. The van der Waals surface area contributed by atoms with Gasteiger partial charge in [-0.05, 0) is 37.6 Å². The molecule has 2 aromatic carbocycles. The molecule has 1 amide bonds. The van der Waals surface area contributed by atoms with Gasteiger partial charge in [0.05, 0.1) is 0 Å². The van der Waals surface area contributed by atoms with Crippen LogP contribution in [0.15, 0.2) is 54.9 Å². The number of benzene rings is 2. The molecule has 132 valence electrons. The molecule has 0 fully saturated rings. The number of hydrogen-bond donors (Lipinski definition) is 4. The standard InChI is InChI=1S/C19H20N6O/c1-12-8-9-15(13(2)10-12)23-17-16(20)18(22-11-21-17)24-25-19(26)14-6-4-3-5-7-14/h3-11H,20H2,1-2H3,(H,25,26)(H2,21,22,23,24). The minimum absolute atomic E-state index is 0.285. The Morgan fingerprint density at radius 1 is 1.00 bits per heavy atom. The second-order valence-corrected chi connectivity index (χ2v) is 5.87. The van der Waals surface area contributed by atoms with E-state index >= 15 is 0 Å². The highest BCUT2D eigenvalue weighted by molar-refractivity contribution is 5.95. The van der Waals surface area contributed by atoms with Crippen LogP contribution in [0.4, 0.5) is 23.0 Å². The lowest BCUT2D eigenvalue weighted by Crippen LogP contribution is -2.30. The molecule has 7 nitrogen and oxygen atoms in total. The molecule has 0 aliphatic carbocycles. The van der Waals surface area contributed by atoms with Crippen molar-refractivity contribution in [1.82, 2.24) is 15.4 Å². The van der Waals surface area contributed by atoms with Crippen LogP contribution in [0.25, 0.3) is 0 Å².